The Kier molecular flexibility index (Phi) is 8.57. The van der Waals surface area contributed by atoms with Crippen LogP contribution in [0.4, 0.5) is 4.79 Å². The molecule has 2 atom stereocenters. The van der Waals surface area contributed by atoms with Crippen molar-refractivity contribution < 1.29 is 33.3 Å². The number of alkyl carbamates (subject to hydrolysis) is 1. The highest BCUT2D eigenvalue weighted by Crippen LogP contribution is 2.39. The Morgan fingerprint density at radius 1 is 1.27 bits per heavy atom. The van der Waals surface area contributed by atoms with Crippen LogP contribution < -0.4 is 25.3 Å². The number of ether oxygens (including phenoxy) is 4. The normalized spacial score (nSPS) is 17.6. The molecule has 2 heterocycles. The van der Waals surface area contributed by atoms with Crippen LogP contribution in [0.25, 0.3) is 10.9 Å². The summed E-state index contributed by atoms with van der Waals surface area (Å²) in [4.78, 5) is 42.8. The van der Waals surface area contributed by atoms with Gasteiger partial charge in [0.1, 0.15) is 35.6 Å². The second-order valence-electron chi connectivity index (χ2n) is 9.90. The summed E-state index contributed by atoms with van der Waals surface area (Å²) in [6.07, 6.45) is -1.29. The molecule has 2 aromatic rings. The number of pyridine rings is 1. The first-order chi connectivity index (χ1) is 17.3. The van der Waals surface area contributed by atoms with Crippen molar-refractivity contribution in [3.63, 3.8) is 0 Å². The highest BCUT2D eigenvalue weighted by molar-refractivity contribution is 6.33. The van der Waals surface area contributed by atoms with Gasteiger partial charge in [-0.05, 0) is 46.8 Å². The lowest BCUT2D eigenvalue weighted by atomic mass is 10.1. The van der Waals surface area contributed by atoms with Crippen molar-refractivity contribution in [1.29, 1.82) is 0 Å². The largest absolute Gasteiger partial charge is 0.493 e. The zero-order valence-corrected chi connectivity index (χ0v) is 22.5. The maximum absolute atomic E-state index is 12.9. The van der Waals surface area contributed by atoms with Gasteiger partial charge in [-0.15, -0.1) is 0 Å². The van der Waals surface area contributed by atoms with E-state index >= 15 is 0 Å². The molecule has 3 rings (SSSR count). The number of benzene rings is 1. The highest BCUT2D eigenvalue weighted by Gasteiger charge is 2.40. The van der Waals surface area contributed by atoms with Gasteiger partial charge in [-0.1, -0.05) is 11.6 Å². The smallest absolute Gasteiger partial charge is 0.408 e. The summed E-state index contributed by atoms with van der Waals surface area (Å²) >= 11 is 6.30. The number of nitrogens with two attached hydrogens (primary N) is 1. The second-order valence-corrected chi connectivity index (χ2v) is 10.3. The van der Waals surface area contributed by atoms with Crippen molar-refractivity contribution in [2.45, 2.75) is 64.9 Å². The number of hydrogen-bond acceptors (Lipinski definition) is 8. The lowest BCUT2D eigenvalue weighted by Crippen LogP contribution is -2.48. The standard InChI is InChI=1S/C25H33ClN4O7/c1-13(2)35-19-10-18(15-7-8-16(26)22(34-6)21(15)29-19)36-14-9-17(23(27)32)30(12-14)20(31)11-28-24(33)37-25(3,4)5/h7-8,10,13-14,17H,9,11-12H2,1-6H3,(H2,27,32)(H,28,33)/t14-,17?/m1/s1. The quantitative estimate of drug-likeness (QED) is 0.524. The average molecular weight is 537 g/mol. The number of carbonyl (C=O) groups excluding carboxylic acids is 3. The molecular formula is C25H33ClN4O7. The summed E-state index contributed by atoms with van der Waals surface area (Å²) in [7, 11) is 1.49. The van der Waals surface area contributed by atoms with Gasteiger partial charge in [0.15, 0.2) is 5.75 Å². The number of methoxy groups -OCH3 is 1. The summed E-state index contributed by atoms with van der Waals surface area (Å²) in [5.74, 6) is -0.0714. The number of likely N-dealkylation sites (tertiary alicyclic amines) is 1. The molecule has 202 valence electrons. The molecule has 0 aliphatic carbocycles. The third kappa shape index (κ3) is 7.06. The monoisotopic (exact) mass is 536 g/mol. The van der Waals surface area contributed by atoms with E-state index in [4.69, 9.17) is 36.3 Å². The minimum Gasteiger partial charge on any atom is -0.493 e. The molecule has 11 nitrogen and oxygen atoms in total. The predicted octanol–water partition coefficient (Wildman–Crippen LogP) is 3.04. The van der Waals surface area contributed by atoms with Crippen LogP contribution in [0.1, 0.15) is 41.0 Å². The van der Waals surface area contributed by atoms with Crippen LogP contribution in [0.5, 0.6) is 17.4 Å². The van der Waals surface area contributed by atoms with Crippen LogP contribution in [0.2, 0.25) is 5.02 Å². The van der Waals surface area contributed by atoms with Gasteiger partial charge in [0, 0.05) is 17.9 Å². The van der Waals surface area contributed by atoms with Gasteiger partial charge in [0.2, 0.25) is 17.7 Å². The number of rotatable bonds is 8. The van der Waals surface area contributed by atoms with Crippen molar-refractivity contribution in [3.8, 4) is 17.4 Å². The summed E-state index contributed by atoms with van der Waals surface area (Å²) in [6, 6.07) is 4.15. The Bertz CT molecular complexity index is 1180. The molecule has 3 N–H and O–H groups in total. The molecule has 1 unspecified atom stereocenters. The van der Waals surface area contributed by atoms with Crippen molar-refractivity contribution >= 4 is 40.4 Å². The fraction of sp³-hybridized carbons (Fsp3) is 0.520. The molecule has 1 aromatic carbocycles. The number of carbonyl (C=O) groups is 3. The van der Waals surface area contributed by atoms with E-state index < -0.39 is 35.7 Å². The molecule has 0 spiro atoms. The molecule has 0 radical (unpaired) electrons. The molecule has 12 heteroatoms. The van der Waals surface area contributed by atoms with Crippen molar-refractivity contribution in [1.82, 2.24) is 15.2 Å². The van der Waals surface area contributed by atoms with Gasteiger partial charge in [-0.25, -0.2) is 9.78 Å². The topological polar surface area (TPSA) is 142 Å². The number of halogens is 1. The minimum absolute atomic E-state index is 0.0807. The van der Waals surface area contributed by atoms with E-state index in [9.17, 15) is 14.4 Å². The fourth-order valence-electron chi connectivity index (χ4n) is 3.95. The molecule has 0 saturated carbocycles. The Morgan fingerprint density at radius 2 is 1.97 bits per heavy atom. The maximum Gasteiger partial charge on any atom is 0.408 e. The van der Waals surface area contributed by atoms with E-state index in [0.717, 1.165) is 0 Å². The molecule has 1 saturated heterocycles. The first kappa shape index (κ1) is 28.1. The van der Waals surface area contributed by atoms with E-state index in [1.165, 1.54) is 12.0 Å². The number of nitrogens with one attached hydrogen (secondary N) is 1. The van der Waals surface area contributed by atoms with Gasteiger partial charge < -0.3 is 34.9 Å². The Labute approximate surface area is 220 Å². The van der Waals surface area contributed by atoms with E-state index in [1.807, 2.05) is 13.8 Å². The lowest BCUT2D eigenvalue weighted by molar-refractivity contribution is -0.136. The second kappa shape index (κ2) is 11.3. The van der Waals surface area contributed by atoms with Crippen LogP contribution in [0.15, 0.2) is 18.2 Å². The Balaban J connectivity index is 1.84. The first-order valence-electron chi connectivity index (χ1n) is 11.8. The van der Waals surface area contributed by atoms with E-state index in [1.54, 1.807) is 39.0 Å². The van der Waals surface area contributed by atoms with Crippen LogP contribution >= 0.6 is 11.6 Å². The number of amides is 3. The number of aromatic nitrogens is 1. The zero-order valence-electron chi connectivity index (χ0n) is 21.8. The molecule has 1 aromatic heterocycles. The summed E-state index contributed by atoms with van der Waals surface area (Å²) in [6.45, 7) is 8.59. The third-order valence-electron chi connectivity index (χ3n) is 5.37. The van der Waals surface area contributed by atoms with Crippen LogP contribution in [-0.2, 0) is 14.3 Å². The molecular weight excluding hydrogens is 504 g/mol. The Morgan fingerprint density at radius 3 is 2.57 bits per heavy atom. The van der Waals surface area contributed by atoms with E-state index in [0.29, 0.717) is 33.3 Å². The summed E-state index contributed by atoms with van der Waals surface area (Å²) in [5.41, 5.74) is 5.32. The van der Waals surface area contributed by atoms with Gasteiger partial charge in [-0.3, -0.25) is 9.59 Å². The van der Waals surface area contributed by atoms with Crippen LogP contribution in [0, 0.1) is 0 Å². The zero-order chi connectivity index (χ0) is 27.5. The van der Waals surface area contributed by atoms with Crippen molar-refractivity contribution in [3.05, 3.63) is 23.2 Å². The van der Waals surface area contributed by atoms with Gasteiger partial charge in [0.05, 0.1) is 24.8 Å². The van der Waals surface area contributed by atoms with E-state index in [-0.39, 0.29) is 25.6 Å². The molecule has 1 fully saturated rings. The SMILES string of the molecule is COc1c(Cl)ccc2c(O[C@@H]3CC(C(N)=O)N(C(=O)CNC(=O)OC(C)(C)C)C3)cc(OC(C)C)nc12. The number of primary amides is 1. The lowest BCUT2D eigenvalue weighted by Gasteiger charge is -2.23. The summed E-state index contributed by atoms with van der Waals surface area (Å²) < 4.78 is 22.7. The van der Waals surface area contributed by atoms with Crippen LogP contribution in [0.3, 0.4) is 0 Å². The number of hydrogen-bond donors (Lipinski definition) is 2. The maximum atomic E-state index is 12.9. The van der Waals surface area contributed by atoms with Gasteiger partial charge >= 0.3 is 6.09 Å². The highest BCUT2D eigenvalue weighted by atomic mass is 35.5. The minimum atomic E-state index is -0.901. The van der Waals surface area contributed by atoms with Crippen molar-refractivity contribution in [2.24, 2.45) is 5.73 Å². The van der Waals surface area contributed by atoms with Gasteiger partial charge in [0.25, 0.3) is 0 Å². The predicted molar refractivity (Wildman–Crippen MR) is 137 cm³/mol. The molecule has 37 heavy (non-hydrogen) atoms. The number of fused-ring (bicyclic) bond motifs is 1. The van der Waals surface area contributed by atoms with Crippen LogP contribution in [-0.4, -0.2) is 71.8 Å². The van der Waals surface area contributed by atoms with Gasteiger partial charge in [-0.2, -0.15) is 0 Å². The average Bonchev–Trinajstić information content (AvgIpc) is 3.20. The Hall–Kier alpha value is -3.47. The molecule has 0 bridgehead atoms. The molecule has 1 aliphatic heterocycles. The first-order valence-corrected chi connectivity index (χ1v) is 12.2. The fourth-order valence-corrected chi connectivity index (χ4v) is 4.18. The molecule has 1 aliphatic rings. The number of nitrogens with zero attached hydrogens (tertiary/aromatic N) is 2. The molecule has 3 amide bonds. The summed E-state index contributed by atoms with van der Waals surface area (Å²) in [5, 5.41) is 3.40. The third-order valence-corrected chi connectivity index (χ3v) is 5.67. The van der Waals surface area contributed by atoms with E-state index in [2.05, 4.69) is 10.3 Å². The van der Waals surface area contributed by atoms with Crippen molar-refractivity contribution in [2.75, 3.05) is 20.2 Å².